The van der Waals surface area contributed by atoms with Crippen molar-refractivity contribution in [1.29, 1.82) is 0 Å². The van der Waals surface area contributed by atoms with Gasteiger partial charge in [0.25, 0.3) is 0 Å². The molecule has 0 radical (unpaired) electrons. The van der Waals surface area contributed by atoms with Gasteiger partial charge in [0.2, 0.25) is 5.95 Å². The van der Waals surface area contributed by atoms with Gasteiger partial charge in [-0.15, -0.1) is 0 Å². The Kier molecular flexibility index (Phi) is 4.79. The van der Waals surface area contributed by atoms with Crippen LogP contribution in [0.4, 0.5) is 11.6 Å². The van der Waals surface area contributed by atoms with E-state index in [9.17, 15) is 4.79 Å². The SMILES string of the molecule is Nc1cnc(N2CCC(COc3cccc(C(=O)O)c3)CC2)nc1. The monoisotopic (exact) mass is 328 g/mol. The second-order valence-electron chi connectivity index (χ2n) is 5.89. The fraction of sp³-hybridized carbons (Fsp3) is 0.353. The van der Waals surface area contributed by atoms with Gasteiger partial charge in [-0.1, -0.05) is 6.07 Å². The maximum atomic E-state index is 11.0. The second kappa shape index (κ2) is 7.16. The van der Waals surface area contributed by atoms with Gasteiger partial charge in [0.15, 0.2) is 0 Å². The van der Waals surface area contributed by atoms with Crippen molar-refractivity contribution in [3.63, 3.8) is 0 Å². The molecule has 2 aromatic rings. The lowest BCUT2D eigenvalue weighted by molar-refractivity contribution is 0.0696. The largest absolute Gasteiger partial charge is 0.493 e. The van der Waals surface area contributed by atoms with Crippen LogP contribution in [-0.4, -0.2) is 40.7 Å². The summed E-state index contributed by atoms with van der Waals surface area (Å²) in [5.74, 6) is 0.790. The summed E-state index contributed by atoms with van der Waals surface area (Å²) in [6, 6.07) is 6.59. The normalized spacial score (nSPS) is 15.2. The van der Waals surface area contributed by atoms with E-state index in [0.29, 0.717) is 29.9 Å². The Morgan fingerprint density at radius 3 is 2.67 bits per heavy atom. The van der Waals surface area contributed by atoms with Crippen LogP contribution in [0.15, 0.2) is 36.7 Å². The summed E-state index contributed by atoms with van der Waals surface area (Å²) in [7, 11) is 0. The molecule has 3 N–H and O–H groups in total. The smallest absolute Gasteiger partial charge is 0.335 e. The Hall–Kier alpha value is -2.83. The van der Waals surface area contributed by atoms with Crippen LogP contribution in [0.5, 0.6) is 5.75 Å². The molecule has 1 saturated heterocycles. The summed E-state index contributed by atoms with van der Waals surface area (Å²) in [6.07, 6.45) is 5.19. The topological polar surface area (TPSA) is 102 Å². The van der Waals surface area contributed by atoms with Crippen molar-refractivity contribution in [1.82, 2.24) is 9.97 Å². The molecule has 0 saturated carbocycles. The summed E-state index contributed by atoms with van der Waals surface area (Å²) >= 11 is 0. The van der Waals surface area contributed by atoms with E-state index in [1.54, 1.807) is 36.7 Å². The fourth-order valence-corrected chi connectivity index (χ4v) is 2.73. The molecule has 24 heavy (non-hydrogen) atoms. The van der Waals surface area contributed by atoms with Crippen molar-refractivity contribution >= 4 is 17.6 Å². The van der Waals surface area contributed by atoms with E-state index in [1.165, 1.54) is 0 Å². The lowest BCUT2D eigenvalue weighted by Crippen LogP contribution is -2.36. The van der Waals surface area contributed by atoms with E-state index < -0.39 is 5.97 Å². The standard InChI is InChI=1S/C17H20N4O3/c18-14-9-19-17(20-10-14)21-6-4-12(5-7-21)11-24-15-3-1-2-13(8-15)16(22)23/h1-3,8-10,12H,4-7,11,18H2,(H,22,23). The lowest BCUT2D eigenvalue weighted by Gasteiger charge is -2.31. The molecule has 0 aliphatic carbocycles. The number of nitrogen functional groups attached to an aromatic ring is 1. The molecule has 0 atom stereocenters. The maximum Gasteiger partial charge on any atom is 0.335 e. The highest BCUT2D eigenvalue weighted by Crippen LogP contribution is 2.22. The van der Waals surface area contributed by atoms with Gasteiger partial charge in [-0.3, -0.25) is 0 Å². The lowest BCUT2D eigenvalue weighted by atomic mass is 9.98. The van der Waals surface area contributed by atoms with Gasteiger partial charge in [-0.25, -0.2) is 14.8 Å². The molecular weight excluding hydrogens is 308 g/mol. The number of carbonyl (C=O) groups is 1. The van der Waals surface area contributed by atoms with E-state index in [4.69, 9.17) is 15.6 Å². The number of hydrogen-bond donors (Lipinski definition) is 2. The highest BCUT2D eigenvalue weighted by molar-refractivity contribution is 5.87. The first-order chi connectivity index (χ1) is 11.6. The Morgan fingerprint density at radius 1 is 1.29 bits per heavy atom. The molecule has 2 heterocycles. The number of benzene rings is 1. The zero-order valence-corrected chi connectivity index (χ0v) is 13.3. The third-order valence-electron chi connectivity index (χ3n) is 4.12. The zero-order chi connectivity index (χ0) is 16.9. The average molecular weight is 328 g/mol. The minimum absolute atomic E-state index is 0.239. The van der Waals surface area contributed by atoms with Crippen LogP contribution >= 0.6 is 0 Å². The number of rotatable bonds is 5. The first kappa shape index (κ1) is 16.0. The molecule has 126 valence electrons. The summed E-state index contributed by atoms with van der Waals surface area (Å²) in [6.45, 7) is 2.32. The Bertz CT molecular complexity index is 697. The number of nitrogens with zero attached hydrogens (tertiary/aromatic N) is 3. The first-order valence-electron chi connectivity index (χ1n) is 7.90. The molecule has 0 unspecified atom stereocenters. The Labute approximate surface area is 140 Å². The third-order valence-corrected chi connectivity index (χ3v) is 4.12. The zero-order valence-electron chi connectivity index (χ0n) is 13.3. The Morgan fingerprint density at radius 2 is 2.00 bits per heavy atom. The molecule has 0 bridgehead atoms. The molecule has 7 heteroatoms. The van der Waals surface area contributed by atoms with E-state index in [0.717, 1.165) is 25.9 Å². The predicted molar refractivity (Wildman–Crippen MR) is 90.3 cm³/mol. The van der Waals surface area contributed by atoms with Gasteiger partial charge in [0.05, 0.1) is 30.3 Å². The summed E-state index contributed by atoms with van der Waals surface area (Å²) in [4.78, 5) is 21.6. The van der Waals surface area contributed by atoms with Crippen molar-refractivity contribution in [2.75, 3.05) is 30.3 Å². The van der Waals surface area contributed by atoms with E-state index >= 15 is 0 Å². The highest BCUT2D eigenvalue weighted by atomic mass is 16.5. The van der Waals surface area contributed by atoms with Gasteiger partial charge >= 0.3 is 5.97 Å². The molecule has 1 aliphatic rings. The molecule has 1 aromatic carbocycles. The Balaban J connectivity index is 1.50. The third kappa shape index (κ3) is 3.92. The van der Waals surface area contributed by atoms with Crippen molar-refractivity contribution in [3.05, 3.63) is 42.2 Å². The number of piperidine rings is 1. The van der Waals surface area contributed by atoms with Crippen LogP contribution in [-0.2, 0) is 0 Å². The van der Waals surface area contributed by atoms with E-state index in [-0.39, 0.29) is 5.56 Å². The first-order valence-corrected chi connectivity index (χ1v) is 7.90. The van der Waals surface area contributed by atoms with Gasteiger partial charge in [0.1, 0.15) is 5.75 Å². The molecular formula is C17H20N4O3. The van der Waals surface area contributed by atoms with Gasteiger partial charge in [-0.05, 0) is 37.0 Å². The number of aromatic carboxylic acids is 1. The molecule has 0 spiro atoms. The summed E-state index contributed by atoms with van der Waals surface area (Å²) in [5.41, 5.74) is 6.41. The van der Waals surface area contributed by atoms with Gasteiger partial charge in [0, 0.05) is 13.1 Å². The fourth-order valence-electron chi connectivity index (χ4n) is 2.73. The number of carboxylic acids is 1. The number of ether oxygens (including phenoxy) is 1. The minimum atomic E-state index is -0.947. The van der Waals surface area contributed by atoms with E-state index in [1.807, 2.05) is 0 Å². The minimum Gasteiger partial charge on any atom is -0.493 e. The van der Waals surface area contributed by atoms with Crippen LogP contribution in [0.25, 0.3) is 0 Å². The molecule has 7 nitrogen and oxygen atoms in total. The summed E-state index contributed by atoms with van der Waals surface area (Å²) in [5, 5.41) is 9.00. The molecule has 3 rings (SSSR count). The number of hydrogen-bond acceptors (Lipinski definition) is 6. The number of carboxylic acid groups (broad SMARTS) is 1. The van der Waals surface area contributed by atoms with Crippen LogP contribution in [0.2, 0.25) is 0 Å². The summed E-state index contributed by atoms with van der Waals surface area (Å²) < 4.78 is 5.76. The van der Waals surface area contributed by atoms with E-state index in [2.05, 4.69) is 14.9 Å². The predicted octanol–water partition coefficient (Wildman–Crippen LogP) is 2.05. The van der Waals surface area contributed by atoms with Crippen molar-refractivity contribution in [2.45, 2.75) is 12.8 Å². The molecule has 0 amide bonds. The molecule has 1 aromatic heterocycles. The number of aromatic nitrogens is 2. The van der Waals surface area contributed by atoms with Gasteiger partial charge in [-0.2, -0.15) is 0 Å². The van der Waals surface area contributed by atoms with Gasteiger partial charge < -0.3 is 20.5 Å². The highest BCUT2D eigenvalue weighted by Gasteiger charge is 2.21. The van der Waals surface area contributed by atoms with Crippen molar-refractivity contribution in [3.8, 4) is 5.75 Å². The molecule has 1 fully saturated rings. The molecule has 1 aliphatic heterocycles. The quantitative estimate of drug-likeness (QED) is 0.866. The van der Waals surface area contributed by atoms with Crippen LogP contribution in [0, 0.1) is 5.92 Å². The van der Waals surface area contributed by atoms with Crippen LogP contribution in [0.3, 0.4) is 0 Å². The van der Waals surface area contributed by atoms with Crippen LogP contribution < -0.4 is 15.4 Å². The number of anilines is 2. The van der Waals surface area contributed by atoms with Crippen molar-refractivity contribution < 1.29 is 14.6 Å². The van der Waals surface area contributed by atoms with Crippen LogP contribution in [0.1, 0.15) is 23.2 Å². The maximum absolute atomic E-state index is 11.0. The second-order valence-corrected chi connectivity index (χ2v) is 5.89. The number of nitrogens with two attached hydrogens (primary N) is 1. The van der Waals surface area contributed by atoms with Crippen molar-refractivity contribution in [2.24, 2.45) is 5.92 Å². The average Bonchev–Trinajstić information content (AvgIpc) is 2.61.